The average molecular weight is 392 g/mol. The zero-order chi connectivity index (χ0) is 18.5. The summed E-state index contributed by atoms with van der Waals surface area (Å²) < 4.78 is 16.3. The van der Waals surface area contributed by atoms with Crippen LogP contribution < -0.4 is 26.3 Å². The largest absolute Gasteiger partial charge is 0.476 e. The Kier molecular flexibility index (Phi) is 13.1. The van der Waals surface area contributed by atoms with Gasteiger partial charge in [-0.3, -0.25) is 4.99 Å². The second kappa shape index (κ2) is 14.2. The number of methoxy groups -OCH3 is 1. The van der Waals surface area contributed by atoms with Crippen LogP contribution in [0, 0.1) is 0 Å². The maximum absolute atomic E-state index is 5.66. The van der Waals surface area contributed by atoms with Gasteiger partial charge in [-0.05, 0) is 14.1 Å². The molecule has 0 unspecified atom stereocenters. The van der Waals surface area contributed by atoms with E-state index in [1.807, 2.05) is 19.0 Å². The van der Waals surface area contributed by atoms with E-state index >= 15 is 0 Å². The van der Waals surface area contributed by atoms with Gasteiger partial charge in [0.25, 0.3) is 0 Å². The van der Waals surface area contributed by atoms with E-state index in [1.54, 1.807) is 13.2 Å². The molecule has 26 heavy (non-hydrogen) atoms. The molecule has 0 aromatic carbocycles. The lowest BCUT2D eigenvalue weighted by atomic mass is 10.4. The summed E-state index contributed by atoms with van der Waals surface area (Å²) in [6.45, 7) is 3.37. The Morgan fingerprint density at radius 2 is 1.96 bits per heavy atom. The van der Waals surface area contributed by atoms with Crippen molar-refractivity contribution in [2.24, 2.45) is 16.5 Å². The minimum Gasteiger partial charge on any atom is -0.476 e. The van der Waals surface area contributed by atoms with Crippen molar-refractivity contribution in [3.63, 3.8) is 0 Å². The summed E-state index contributed by atoms with van der Waals surface area (Å²) in [5.41, 5.74) is 10.5. The first-order valence-corrected chi connectivity index (χ1v) is 8.09. The molecule has 1 rings (SSSR count). The van der Waals surface area contributed by atoms with Crippen LogP contribution in [0.2, 0.25) is 0 Å². The number of nitrogens with zero attached hydrogens (tertiary/aromatic N) is 4. The third-order valence-corrected chi connectivity index (χ3v) is 2.91. The summed E-state index contributed by atoms with van der Waals surface area (Å²) in [5.74, 6) is 1.14. The SMILES string of the molecule is COCCNc1cc(OCCN(C)C)nc(OCCCN=C(N)N)n1.Cl. The Morgan fingerprint density at radius 1 is 1.19 bits per heavy atom. The third-order valence-electron chi connectivity index (χ3n) is 2.91. The van der Waals surface area contributed by atoms with Gasteiger partial charge in [-0.2, -0.15) is 9.97 Å². The van der Waals surface area contributed by atoms with Crippen LogP contribution in [0.1, 0.15) is 6.42 Å². The minimum atomic E-state index is 0. The van der Waals surface area contributed by atoms with E-state index in [9.17, 15) is 0 Å². The molecule has 0 atom stereocenters. The molecule has 5 N–H and O–H groups in total. The fourth-order valence-corrected chi connectivity index (χ4v) is 1.68. The highest BCUT2D eigenvalue weighted by Gasteiger charge is 2.07. The van der Waals surface area contributed by atoms with Gasteiger partial charge in [0, 0.05) is 39.2 Å². The molecule has 0 bridgehead atoms. The van der Waals surface area contributed by atoms with Crippen LogP contribution >= 0.6 is 12.4 Å². The van der Waals surface area contributed by atoms with Gasteiger partial charge in [-0.15, -0.1) is 12.4 Å². The number of halogens is 1. The van der Waals surface area contributed by atoms with Crippen LogP contribution in [0.4, 0.5) is 5.82 Å². The Morgan fingerprint density at radius 3 is 2.62 bits per heavy atom. The average Bonchev–Trinajstić information content (AvgIpc) is 2.54. The minimum absolute atomic E-state index is 0. The highest BCUT2D eigenvalue weighted by atomic mass is 35.5. The third kappa shape index (κ3) is 11.5. The van der Waals surface area contributed by atoms with Gasteiger partial charge >= 0.3 is 6.01 Å². The molecule has 0 saturated carbocycles. The molecule has 0 spiro atoms. The number of nitrogens with one attached hydrogen (secondary N) is 1. The first-order valence-electron chi connectivity index (χ1n) is 8.09. The standard InChI is InChI=1S/C15H29N7O3.ClH/c1-22(2)7-10-24-13-11-12(18-6-9-23-3)20-15(21-13)25-8-4-5-19-14(16)17;/h11H,4-10H2,1-3H3,(H4,16,17,19)(H,18,20,21);1H. The smallest absolute Gasteiger partial charge is 0.321 e. The Bertz CT molecular complexity index is 528. The van der Waals surface area contributed by atoms with Crippen molar-refractivity contribution < 1.29 is 14.2 Å². The lowest BCUT2D eigenvalue weighted by Crippen LogP contribution is -2.23. The number of nitrogens with two attached hydrogens (primary N) is 2. The normalized spacial score (nSPS) is 10.2. The van der Waals surface area contributed by atoms with E-state index < -0.39 is 0 Å². The summed E-state index contributed by atoms with van der Waals surface area (Å²) >= 11 is 0. The van der Waals surface area contributed by atoms with E-state index in [0.717, 1.165) is 6.54 Å². The molecule has 1 heterocycles. The molecule has 1 aromatic heterocycles. The molecule has 0 aliphatic rings. The zero-order valence-corrected chi connectivity index (χ0v) is 16.4. The number of hydrogen-bond acceptors (Lipinski definition) is 8. The molecular weight excluding hydrogens is 362 g/mol. The molecule has 0 amide bonds. The Hall–Kier alpha value is -2.04. The van der Waals surface area contributed by atoms with E-state index in [-0.39, 0.29) is 24.4 Å². The molecule has 150 valence electrons. The molecule has 0 saturated heterocycles. The number of anilines is 1. The van der Waals surface area contributed by atoms with Crippen molar-refractivity contribution >= 4 is 24.2 Å². The topological polar surface area (TPSA) is 133 Å². The number of aliphatic imine (C=N–C) groups is 1. The molecule has 0 fully saturated rings. The van der Waals surface area contributed by atoms with Crippen LogP contribution in [0.3, 0.4) is 0 Å². The summed E-state index contributed by atoms with van der Waals surface area (Å²) in [5, 5.41) is 3.14. The van der Waals surface area contributed by atoms with Crippen LogP contribution in [0.25, 0.3) is 0 Å². The van der Waals surface area contributed by atoms with Crippen LogP contribution in [-0.2, 0) is 4.74 Å². The molecular formula is C15H30ClN7O3. The number of rotatable bonds is 13. The van der Waals surface area contributed by atoms with Crippen molar-refractivity contribution in [1.82, 2.24) is 14.9 Å². The first-order chi connectivity index (χ1) is 12.0. The highest BCUT2D eigenvalue weighted by Crippen LogP contribution is 2.17. The number of aromatic nitrogens is 2. The van der Waals surface area contributed by atoms with Crippen LogP contribution in [0.15, 0.2) is 11.1 Å². The van der Waals surface area contributed by atoms with Crippen molar-refractivity contribution in [2.45, 2.75) is 6.42 Å². The van der Waals surface area contributed by atoms with E-state index in [0.29, 0.717) is 51.0 Å². The Labute approximate surface area is 160 Å². The molecule has 11 heteroatoms. The van der Waals surface area contributed by atoms with Crippen LogP contribution in [0.5, 0.6) is 11.9 Å². The number of likely N-dealkylation sites (N-methyl/N-ethyl adjacent to an activating group) is 1. The van der Waals surface area contributed by atoms with Crippen molar-refractivity contribution in [3.05, 3.63) is 6.07 Å². The molecule has 0 aliphatic carbocycles. The van der Waals surface area contributed by atoms with Crippen LogP contribution in [-0.4, -0.2) is 81.5 Å². The van der Waals surface area contributed by atoms with Gasteiger partial charge in [0.2, 0.25) is 5.88 Å². The summed E-state index contributed by atoms with van der Waals surface area (Å²) in [6, 6.07) is 1.98. The number of guanidine groups is 1. The summed E-state index contributed by atoms with van der Waals surface area (Å²) in [4.78, 5) is 14.5. The maximum atomic E-state index is 5.66. The lowest BCUT2D eigenvalue weighted by molar-refractivity contribution is 0.210. The van der Waals surface area contributed by atoms with Gasteiger partial charge in [-0.25, -0.2) is 0 Å². The fraction of sp³-hybridized carbons (Fsp3) is 0.667. The molecule has 10 nitrogen and oxygen atoms in total. The fourth-order valence-electron chi connectivity index (χ4n) is 1.68. The predicted molar refractivity (Wildman–Crippen MR) is 104 cm³/mol. The molecule has 1 aromatic rings. The van der Waals surface area contributed by atoms with Crippen molar-refractivity contribution in [1.29, 1.82) is 0 Å². The van der Waals surface area contributed by atoms with Crippen molar-refractivity contribution in [2.75, 3.05) is 66.0 Å². The van der Waals surface area contributed by atoms with E-state index in [4.69, 9.17) is 25.7 Å². The van der Waals surface area contributed by atoms with E-state index in [1.165, 1.54) is 0 Å². The van der Waals surface area contributed by atoms with Gasteiger partial charge in [-0.1, -0.05) is 0 Å². The summed E-state index contributed by atoms with van der Waals surface area (Å²) in [7, 11) is 5.60. The zero-order valence-electron chi connectivity index (χ0n) is 15.6. The highest BCUT2D eigenvalue weighted by molar-refractivity contribution is 5.85. The number of hydrogen-bond donors (Lipinski definition) is 3. The summed E-state index contributed by atoms with van der Waals surface area (Å²) in [6.07, 6.45) is 0.652. The second-order valence-corrected chi connectivity index (χ2v) is 5.45. The van der Waals surface area contributed by atoms with Gasteiger partial charge in [0.1, 0.15) is 12.4 Å². The quantitative estimate of drug-likeness (QED) is 0.240. The number of ether oxygens (including phenoxy) is 3. The van der Waals surface area contributed by atoms with Crippen molar-refractivity contribution in [3.8, 4) is 11.9 Å². The van der Waals surface area contributed by atoms with Gasteiger partial charge in [0.15, 0.2) is 5.96 Å². The monoisotopic (exact) mass is 391 g/mol. The van der Waals surface area contributed by atoms with Gasteiger partial charge in [0.05, 0.1) is 13.2 Å². The van der Waals surface area contributed by atoms with E-state index in [2.05, 4.69) is 20.3 Å². The Balaban J connectivity index is 0.00000625. The second-order valence-electron chi connectivity index (χ2n) is 5.45. The predicted octanol–water partition coefficient (Wildman–Crippen LogP) is -0.0606. The lowest BCUT2D eigenvalue weighted by Gasteiger charge is -2.13. The molecule has 0 aliphatic heterocycles. The first kappa shape index (κ1) is 24.0. The molecule has 0 radical (unpaired) electrons. The van der Waals surface area contributed by atoms with Gasteiger partial charge < -0.3 is 35.9 Å². The maximum Gasteiger partial charge on any atom is 0.321 e.